The summed E-state index contributed by atoms with van der Waals surface area (Å²) in [7, 11) is 0. The quantitative estimate of drug-likeness (QED) is 0.540. The Morgan fingerprint density at radius 1 is 1.24 bits per heavy atom. The summed E-state index contributed by atoms with van der Waals surface area (Å²) in [4.78, 5) is 17.6. The van der Waals surface area contributed by atoms with E-state index in [0.717, 1.165) is 25.1 Å². The number of aryl methyl sites for hydroxylation is 1. The second-order valence-electron chi connectivity index (χ2n) is 4.64. The van der Waals surface area contributed by atoms with Crippen LogP contribution in [0.2, 0.25) is 0 Å². The number of nitrogens with zero attached hydrogens (tertiary/aromatic N) is 2. The molecule has 0 radical (unpaired) electrons. The minimum absolute atomic E-state index is 0.0257. The lowest BCUT2D eigenvalue weighted by Gasteiger charge is -2.14. The molecule has 3 nitrogen and oxygen atoms in total. The first kappa shape index (κ1) is 14.7. The maximum absolute atomic E-state index is 12.9. The number of rotatable bonds is 2. The molecule has 3 aromatic rings. The highest BCUT2D eigenvalue weighted by molar-refractivity contribution is 14.1. The molecule has 0 aliphatic heterocycles. The molecule has 1 aromatic heterocycles. The lowest BCUT2D eigenvalue weighted by atomic mass is 10.2. The molecule has 106 valence electrons. The van der Waals surface area contributed by atoms with Crippen LogP contribution in [0.15, 0.2) is 51.7 Å². The molecule has 1 heterocycles. The summed E-state index contributed by atoms with van der Waals surface area (Å²) in [6.45, 7) is 2.01. The Hall–Kier alpha value is -1.21. The number of hydrogen-bond donors (Lipinski definition) is 0. The lowest BCUT2D eigenvalue weighted by molar-refractivity contribution is 0.830. The van der Waals surface area contributed by atoms with Crippen LogP contribution in [0, 0.1) is 3.57 Å². The Morgan fingerprint density at radius 3 is 2.71 bits per heavy atom. The molecule has 21 heavy (non-hydrogen) atoms. The summed E-state index contributed by atoms with van der Waals surface area (Å²) >= 11 is 5.73. The van der Waals surface area contributed by atoms with Gasteiger partial charge in [-0.15, -0.1) is 0 Å². The van der Waals surface area contributed by atoms with Crippen LogP contribution >= 0.6 is 38.5 Å². The molecular weight excluding hydrogens is 443 g/mol. The molecule has 0 aliphatic carbocycles. The van der Waals surface area contributed by atoms with Gasteiger partial charge in [0.15, 0.2) is 0 Å². The molecule has 0 N–H and O–H groups in total. The zero-order valence-corrected chi connectivity index (χ0v) is 15.1. The van der Waals surface area contributed by atoms with Crippen LogP contribution in [0.4, 0.5) is 0 Å². The summed E-state index contributed by atoms with van der Waals surface area (Å²) in [6.07, 6.45) is 0.693. The number of hydrogen-bond acceptors (Lipinski definition) is 2. The van der Waals surface area contributed by atoms with E-state index in [0.29, 0.717) is 11.8 Å². The predicted octanol–water partition coefficient (Wildman–Crippen LogP) is 4.32. The van der Waals surface area contributed by atoms with Crippen LogP contribution in [0.25, 0.3) is 16.6 Å². The molecular formula is C16H12BrIN2O. The van der Waals surface area contributed by atoms with Gasteiger partial charge in [-0.05, 0) is 68.9 Å². The van der Waals surface area contributed by atoms with Crippen LogP contribution in [0.5, 0.6) is 0 Å². The van der Waals surface area contributed by atoms with Gasteiger partial charge in [0.1, 0.15) is 5.82 Å². The highest BCUT2D eigenvalue weighted by atomic mass is 127. The summed E-state index contributed by atoms with van der Waals surface area (Å²) in [5, 5.41) is 0.648. The molecule has 0 fully saturated rings. The van der Waals surface area contributed by atoms with E-state index < -0.39 is 0 Å². The molecule has 2 aromatic carbocycles. The number of fused-ring (bicyclic) bond motifs is 1. The molecule has 0 aliphatic rings. The van der Waals surface area contributed by atoms with E-state index in [9.17, 15) is 4.79 Å². The van der Waals surface area contributed by atoms with Gasteiger partial charge in [0.25, 0.3) is 5.56 Å². The minimum Gasteiger partial charge on any atom is -0.268 e. The first-order valence-corrected chi connectivity index (χ1v) is 8.45. The van der Waals surface area contributed by atoms with Crippen molar-refractivity contribution in [3.05, 3.63) is 66.7 Å². The molecule has 0 unspecified atom stereocenters. The van der Waals surface area contributed by atoms with Crippen LogP contribution in [-0.2, 0) is 6.42 Å². The lowest BCUT2D eigenvalue weighted by Crippen LogP contribution is -2.24. The van der Waals surface area contributed by atoms with Crippen LogP contribution < -0.4 is 5.56 Å². The van der Waals surface area contributed by atoms with Gasteiger partial charge in [0.2, 0.25) is 0 Å². The van der Waals surface area contributed by atoms with Gasteiger partial charge in [-0.1, -0.05) is 19.1 Å². The van der Waals surface area contributed by atoms with Crippen molar-refractivity contribution in [1.82, 2.24) is 9.55 Å². The monoisotopic (exact) mass is 454 g/mol. The Labute approximate surface area is 144 Å². The molecule has 3 rings (SSSR count). The van der Waals surface area contributed by atoms with Crippen LogP contribution in [0.3, 0.4) is 0 Å². The Morgan fingerprint density at radius 2 is 2.00 bits per heavy atom. The fourth-order valence-electron chi connectivity index (χ4n) is 2.32. The second kappa shape index (κ2) is 5.88. The summed E-state index contributed by atoms with van der Waals surface area (Å²) in [6, 6.07) is 13.5. The van der Waals surface area contributed by atoms with E-state index in [1.54, 1.807) is 4.57 Å². The normalized spacial score (nSPS) is 11.0. The topological polar surface area (TPSA) is 34.9 Å². The van der Waals surface area contributed by atoms with Gasteiger partial charge >= 0.3 is 0 Å². The van der Waals surface area contributed by atoms with E-state index in [2.05, 4.69) is 43.5 Å². The number of benzene rings is 2. The molecule has 0 amide bonds. The highest BCUT2D eigenvalue weighted by Gasteiger charge is 2.13. The van der Waals surface area contributed by atoms with Crippen molar-refractivity contribution in [3.8, 4) is 5.69 Å². The zero-order chi connectivity index (χ0) is 15.0. The van der Waals surface area contributed by atoms with Gasteiger partial charge in [0, 0.05) is 14.5 Å². The average molecular weight is 455 g/mol. The van der Waals surface area contributed by atoms with Crippen molar-refractivity contribution in [2.75, 3.05) is 0 Å². The SMILES string of the molecule is CCc1nc2ccc(I)cc2c(=O)n1-c1ccccc1Br. The van der Waals surface area contributed by atoms with Crippen LogP contribution in [-0.4, -0.2) is 9.55 Å². The first-order chi connectivity index (χ1) is 10.1. The van der Waals surface area contributed by atoms with Crippen LogP contribution in [0.1, 0.15) is 12.7 Å². The highest BCUT2D eigenvalue weighted by Crippen LogP contribution is 2.22. The van der Waals surface area contributed by atoms with E-state index in [1.807, 2.05) is 49.4 Å². The van der Waals surface area contributed by atoms with Crippen molar-refractivity contribution in [2.45, 2.75) is 13.3 Å². The third-order valence-electron chi connectivity index (χ3n) is 3.31. The largest absolute Gasteiger partial charge is 0.268 e. The van der Waals surface area contributed by atoms with E-state index >= 15 is 0 Å². The fourth-order valence-corrected chi connectivity index (χ4v) is 3.28. The Balaban J connectivity index is 2.44. The molecule has 5 heteroatoms. The molecule has 0 saturated heterocycles. The first-order valence-electron chi connectivity index (χ1n) is 6.58. The molecule has 0 bridgehead atoms. The van der Waals surface area contributed by atoms with Crippen molar-refractivity contribution in [3.63, 3.8) is 0 Å². The zero-order valence-electron chi connectivity index (χ0n) is 11.3. The predicted molar refractivity (Wildman–Crippen MR) is 97.1 cm³/mol. The Bertz CT molecular complexity index is 889. The molecule has 0 atom stereocenters. The van der Waals surface area contributed by atoms with Gasteiger partial charge in [-0.3, -0.25) is 9.36 Å². The standard InChI is InChI=1S/C16H12BrIN2O/c1-2-15-19-13-8-7-10(18)9-11(13)16(21)20(15)14-6-4-3-5-12(14)17/h3-9H,2H2,1H3. The van der Waals surface area contributed by atoms with Gasteiger partial charge in [-0.25, -0.2) is 4.98 Å². The van der Waals surface area contributed by atoms with E-state index in [1.165, 1.54) is 0 Å². The maximum Gasteiger partial charge on any atom is 0.266 e. The third kappa shape index (κ3) is 2.64. The molecule has 0 spiro atoms. The number of halogens is 2. The summed E-state index contributed by atoms with van der Waals surface area (Å²) in [5.74, 6) is 0.764. The van der Waals surface area contributed by atoms with Crippen molar-refractivity contribution in [1.29, 1.82) is 0 Å². The van der Waals surface area contributed by atoms with Crippen molar-refractivity contribution < 1.29 is 0 Å². The third-order valence-corrected chi connectivity index (χ3v) is 4.65. The van der Waals surface area contributed by atoms with Crippen molar-refractivity contribution >= 4 is 49.4 Å². The summed E-state index contributed by atoms with van der Waals surface area (Å²) in [5.41, 5.74) is 1.55. The van der Waals surface area contributed by atoms with Gasteiger partial charge in [-0.2, -0.15) is 0 Å². The molecule has 0 saturated carbocycles. The second-order valence-corrected chi connectivity index (χ2v) is 6.73. The Kier molecular flexibility index (Phi) is 4.12. The van der Waals surface area contributed by atoms with Gasteiger partial charge < -0.3 is 0 Å². The minimum atomic E-state index is -0.0257. The average Bonchev–Trinajstić information content (AvgIpc) is 2.49. The smallest absolute Gasteiger partial charge is 0.266 e. The number of aromatic nitrogens is 2. The number of para-hydroxylation sites is 1. The fraction of sp³-hybridized carbons (Fsp3) is 0.125. The van der Waals surface area contributed by atoms with Gasteiger partial charge in [0.05, 0.1) is 16.6 Å². The maximum atomic E-state index is 12.9. The van der Waals surface area contributed by atoms with E-state index in [4.69, 9.17) is 0 Å². The van der Waals surface area contributed by atoms with E-state index in [-0.39, 0.29) is 5.56 Å². The van der Waals surface area contributed by atoms with Crippen molar-refractivity contribution in [2.24, 2.45) is 0 Å². The summed E-state index contributed by atoms with van der Waals surface area (Å²) < 4.78 is 3.61.